The van der Waals surface area contributed by atoms with E-state index in [1.807, 2.05) is 6.07 Å². The highest BCUT2D eigenvalue weighted by Gasteiger charge is 2.30. The summed E-state index contributed by atoms with van der Waals surface area (Å²) < 4.78 is 31.7. The van der Waals surface area contributed by atoms with E-state index in [-0.39, 0.29) is 18.2 Å². The molecule has 2 aromatic rings. The smallest absolute Gasteiger partial charge is 0.236 e. The van der Waals surface area contributed by atoms with Crippen molar-refractivity contribution in [1.82, 2.24) is 15.5 Å². The molecule has 1 aromatic heterocycles. The van der Waals surface area contributed by atoms with E-state index in [1.165, 1.54) is 7.11 Å². The molecule has 9 nitrogen and oxygen atoms in total. The van der Waals surface area contributed by atoms with Crippen LogP contribution in [0.1, 0.15) is 25.3 Å². The minimum Gasteiger partial charge on any atom is -0.384 e. The molecule has 0 aliphatic carbocycles. The molecule has 1 atom stereocenters. The molecule has 0 saturated heterocycles. The first-order valence-electron chi connectivity index (χ1n) is 8.75. The van der Waals surface area contributed by atoms with E-state index in [9.17, 15) is 13.7 Å². The lowest BCUT2D eigenvalue weighted by Crippen LogP contribution is -2.22. The Morgan fingerprint density at radius 3 is 2.79 bits per heavy atom. The number of allylic oxidation sites excluding steroid dienone is 3. The first kappa shape index (κ1) is 20.4. The van der Waals surface area contributed by atoms with E-state index < -0.39 is 15.9 Å². The van der Waals surface area contributed by atoms with Crippen molar-refractivity contribution in [2.24, 2.45) is 0 Å². The van der Waals surface area contributed by atoms with E-state index >= 15 is 0 Å². The van der Waals surface area contributed by atoms with Gasteiger partial charge in [0, 0.05) is 23.9 Å². The van der Waals surface area contributed by atoms with Gasteiger partial charge in [-0.1, -0.05) is 6.07 Å². The molecule has 29 heavy (non-hydrogen) atoms. The Kier molecular flexibility index (Phi) is 5.59. The highest BCUT2D eigenvalue weighted by molar-refractivity contribution is 7.92. The maximum Gasteiger partial charge on any atom is 0.236 e. The third kappa shape index (κ3) is 3.94. The lowest BCUT2D eigenvalue weighted by Gasteiger charge is -2.26. The molecule has 0 spiro atoms. The van der Waals surface area contributed by atoms with Crippen LogP contribution in [0.5, 0.6) is 0 Å². The maximum atomic E-state index is 12.2. The fraction of sp³-hybridized carbons (Fsp3) is 0.316. The summed E-state index contributed by atoms with van der Waals surface area (Å²) >= 11 is 0. The third-order valence-corrected chi connectivity index (χ3v) is 5.90. The van der Waals surface area contributed by atoms with Gasteiger partial charge in [0.15, 0.2) is 11.5 Å². The molecule has 150 valence electrons. The van der Waals surface area contributed by atoms with Gasteiger partial charge in [-0.25, -0.2) is 13.3 Å². The second kappa shape index (κ2) is 7.95. The zero-order valence-corrected chi connectivity index (χ0v) is 17.0. The van der Waals surface area contributed by atoms with Crippen LogP contribution in [0.15, 0.2) is 40.9 Å². The van der Waals surface area contributed by atoms with Gasteiger partial charge in [-0.3, -0.25) is 9.82 Å². The summed E-state index contributed by atoms with van der Waals surface area (Å²) in [6.45, 7) is 11.2. The monoisotopic (exact) mass is 412 g/mol. The van der Waals surface area contributed by atoms with E-state index in [2.05, 4.69) is 31.2 Å². The normalized spacial score (nSPS) is 17.1. The number of benzene rings is 1. The zero-order chi connectivity index (χ0) is 21.2. The number of nitrogens with zero attached hydrogens (tertiary/aromatic N) is 3. The number of ether oxygens (including phenoxy) is 1. The molecule has 1 aromatic carbocycles. The van der Waals surface area contributed by atoms with Gasteiger partial charge < -0.3 is 10.1 Å². The summed E-state index contributed by atoms with van der Waals surface area (Å²) in [5.74, 6) is -0.567. The molecular formula is C19H20N6O3S. The number of aromatic nitrogens is 2. The fourth-order valence-electron chi connectivity index (χ4n) is 3.28. The summed E-state index contributed by atoms with van der Waals surface area (Å²) in [5, 5.41) is 20.2. The van der Waals surface area contributed by atoms with Gasteiger partial charge in [0.2, 0.25) is 10.0 Å². The summed E-state index contributed by atoms with van der Waals surface area (Å²) in [5.41, 5.74) is 3.60. The Labute approximate surface area is 168 Å². The number of H-pyrrole nitrogens is 1. The molecule has 0 saturated carbocycles. The van der Waals surface area contributed by atoms with Crippen LogP contribution in [0.4, 0.5) is 5.82 Å². The highest BCUT2D eigenvalue weighted by atomic mass is 32.2. The van der Waals surface area contributed by atoms with Gasteiger partial charge >= 0.3 is 0 Å². The van der Waals surface area contributed by atoms with Crippen LogP contribution in [0.25, 0.3) is 15.7 Å². The second-order valence-electron chi connectivity index (χ2n) is 6.62. The molecular weight excluding hydrogens is 392 g/mol. The van der Waals surface area contributed by atoms with Gasteiger partial charge in [-0.05, 0) is 31.5 Å². The Hall–Kier alpha value is -3.34. The van der Waals surface area contributed by atoms with Crippen LogP contribution < -0.4 is 10.0 Å². The fourth-order valence-corrected chi connectivity index (χ4v) is 4.22. The average Bonchev–Trinajstić information content (AvgIpc) is 3.07. The quantitative estimate of drug-likeness (QED) is 0.627. The predicted molar refractivity (Wildman–Crippen MR) is 109 cm³/mol. The summed E-state index contributed by atoms with van der Waals surface area (Å²) in [7, 11) is -2.20. The van der Waals surface area contributed by atoms with Gasteiger partial charge in [0.25, 0.3) is 0 Å². The summed E-state index contributed by atoms with van der Waals surface area (Å²) in [4.78, 5) is 3.64. The van der Waals surface area contributed by atoms with Crippen molar-refractivity contribution in [3.8, 4) is 6.07 Å². The first-order valence-corrected chi connectivity index (χ1v) is 10.4. The van der Waals surface area contributed by atoms with Crippen LogP contribution in [0, 0.1) is 17.9 Å². The van der Waals surface area contributed by atoms with Gasteiger partial charge in [0.1, 0.15) is 0 Å². The van der Waals surface area contributed by atoms with Crippen LogP contribution in [-0.2, 0) is 14.8 Å². The molecule has 0 bridgehead atoms. The zero-order valence-electron chi connectivity index (χ0n) is 16.2. The number of anilines is 1. The lowest BCUT2D eigenvalue weighted by molar-refractivity contribution is 0.217. The molecule has 0 fully saturated rings. The molecule has 0 radical (unpaired) electrons. The van der Waals surface area contributed by atoms with Gasteiger partial charge in [-0.2, -0.15) is 10.4 Å². The number of rotatable bonds is 6. The summed E-state index contributed by atoms with van der Waals surface area (Å²) in [6, 6.07) is 7.52. The van der Waals surface area contributed by atoms with Gasteiger partial charge in [0.05, 0.1) is 42.0 Å². The molecule has 1 unspecified atom stereocenters. The summed E-state index contributed by atoms with van der Waals surface area (Å²) in [6.07, 6.45) is 0. The molecule has 1 aliphatic rings. The Morgan fingerprint density at radius 2 is 2.14 bits per heavy atom. The van der Waals surface area contributed by atoms with Crippen molar-refractivity contribution in [2.45, 2.75) is 19.8 Å². The van der Waals surface area contributed by atoms with Crippen molar-refractivity contribution in [2.75, 3.05) is 24.2 Å². The van der Waals surface area contributed by atoms with E-state index in [1.54, 1.807) is 26.0 Å². The maximum absolute atomic E-state index is 12.2. The second-order valence-corrected chi connectivity index (χ2v) is 8.46. The molecule has 10 heteroatoms. The number of sulfonamides is 1. The van der Waals surface area contributed by atoms with Crippen molar-refractivity contribution >= 4 is 26.7 Å². The number of hydrogen-bond acceptors (Lipinski definition) is 6. The molecule has 0 amide bonds. The van der Waals surface area contributed by atoms with E-state index in [4.69, 9.17) is 11.3 Å². The third-order valence-electron chi connectivity index (χ3n) is 4.69. The van der Waals surface area contributed by atoms with Crippen molar-refractivity contribution in [3.63, 3.8) is 0 Å². The number of nitriles is 1. The molecule has 3 rings (SSSR count). The molecule has 3 N–H and O–H groups in total. The number of dihydropyridines is 1. The van der Waals surface area contributed by atoms with E-state index in [0.717, 1.165) is 0 Å². The van der Waals surface area contributed by atoms with Gasteiger partial charge in [-0.15, -0.1) is 0 Å². The molecule has 1 aliphatic heterocycles. The van der Waals surface area contributed by atoms with Crippen LogP contribution in [0.2, 0.25) is 0 Å². The van der Waals surface area contributed by atoms with E-state index in [0.29, 0.717) is 39.1 Å². The highest BCUT2D eigenvalue weighted by Crippen LogP contribution is 2.39. The average molecular weight is 412 g/mol. The van der Waals surface area contributed by atoms with Crippen molar-refractivity contribution in [1.29, 1.82) is 5.26 Å². The van der Waals surface area contributed by atoms with Crippen LogP contribution >= 0.6 is 0 Å². The predicted octanol–water partition coefficient (Wildman–Crippen LogP) is 2.59. The Bertz CT molecular complexity index is 1170. The SMILES string of the molecule is [C-]#[N+]C1=C(C)NC(C)=C(C#N)C1c1ccc2[nH]nc(NS(=O)(=O)CCOC)c2c1. The largest absolute Gasteiger partial charge is 0.384 e. The van der Waals surface area contributed by atoms with Crippen molar-refractivity contribution in [3.05, 3.63) is 57.8 Å². The molecule has 2 heterocycles. The number of nitrogens with one attached hydrogen (secondary N) is 3. The lowest BCUT2D eigenvalue weighted by atomic mass is 9.84. The number of aromatic amines is 1. The van der Waals surface area contributed by atoms with Crippen molar-refractivity contribution < 1.29 is 13.2 Å². The standard InChI is InChI=1S/C19H20N6O3S/c1-11-15(10-20)17(18(21-3)12(2)22-11)13-5-6-16-14(9-13)19(24-23-16)25-29(26,27)8-7-28-4/h5-6,9,17,22H,7-8H2,1-2,4H3,(H2,23,24,25). The van der Waals surface area contributed by atoms with Crippen LogP contribution in [-0.4, -0.2) is 38.1 Å². The van der Waals surface area contributed by atoms with Crippen LogP contribution in [0.3, 0.4) is 0 Å². The minimum absolute atomic E-state index is 0.0616. The number of hydrogen-bond donors (Lipinski definition) is 3. The Morgan fingerprint density at radius 1 is 1.38 bits per heavy atom. The number of fused-ring (bicyclic) bond motifs is 1. The first-order chi connectivity index (χ1) is 13.8. The minimum atomic E-state index is -3.63. The Balaban J connectivity index is 2.09. The number of methoxy groups -OCH3 is 1. The topological polar surface area (TPSA) is 124 Å².